The molecule has 0 aliphatic rings. The van der Waals surface area contributed by atoms with Crippen molar-refractivity contribution in [3.05, 3.63) is 52.9 Å². The third kappa shape index (κ3) is 2.36. The molecule has 20 heavy (non-hydrogen) atoms. The number of methoxy groups -OCH3 is 1. The number of halogens is 2. The summed E-state index contributed by atoms with van der Waals surface area (Å²) < 4.78 is 19.3. The smallest absolute Gasteiger partial charge is 0.135 e. The van der Waals surface area contributed by atoms with E-state index >= 15 is 0 Å². The number of hydrogen-bond donors (Lipinski definition) is 0. The van der Waals surface area contributed by atoms with Crippen molar-refractivity contribution in [2.45, 2.75) is 0 Å². The first-order valence-corrected chi connectivity index (χ1v) is 6.73. The molecule has 0 amide bonds. The molecule has 0 spiro atoms. The maximum absolute atomic E-state index is 13.3. The van der Waals surface area contributed by atoms with Gasteiger partial charge in [0.1, 0.15) is 11.6 Å². The van der Waals surface area contributed by atoms with Gasteiger partial charge in [-0.05, 0) is 34.1 Å². The van der Waals surface area contributed by atoms with Crippen LogP contribution in [0.3, 0.4) is 0 Å². The fraction of sp³-hybridized carbons (Fsp3) is 0.0667. The topological polar surface area (TPSA) is 35.0 Å². The molecule has 0 aliphatic heterocycles. The molecule has 3 rings (SSSR count). The molecule has 0 fully saturated rings. The largest absolute Gasteiger partial charge is 0.495 e. The molecule has 0 atom stereocenters. The van der Waals surface area contributed by atoms with Crippen LogP contribution >= 0.6 is 15.9 Å². The quantitative estimate of drug-likeness (QED) is 0.705. The van der Waals surface area contributed by atoms with Gasteiger partial charge in [-0.2, -0.15) is 0 Å². The molecule has 0 N–H and O–H groups in total. The third-order valence-electron chi connectivity index (χ3n) is 2.94. The standard InChI is InChI=1S/C15H10BrFN2O/c1-20-15-7-13-12(6-11(15)16)18-8-14(19-13)9-3-2-4-10(17)5-9/h2-8H,1H3. The van der Waals surface area contributed by atoms with E-state index in [2.05, 4.69) is 25.9 Å². The van der Waals surface area contributed by atoms with Gasteiger partial charge in [0.15, 0.2) is 0 Å². The average Bonchev–Trinajstić information content (AvgIpc) is 2.46. The van der Waals surface area contributed by atoms with E-state index in [0.29, 0.717) is 22.5 Å². The van der Waals surface area contributed by atoms with Crippen molar-refractivity contribution in [1.29, 1.82) is 0 Å². The molecule has 1 aromatic heterocycles. The number of aromatic nitrogens is 2. The maximum atomic E-state index is 13.3. The van der Waals surface area contributed by atoms with Crippen LogP contribution in [-0.2, 0) is 0 Å². The zero-order chi connectivity index (χ0) is 14.1. The Balaban J connectivity index is 2.17. The highest BCUT2D eigenvalue weighted by atomic mass is 79.9. The van der Waals surface area contributed by atoms with E-state index in [4.69, 9.17) is 4.74 Å². The zero-order valence-electron chi connectivity index (χ0n) is 10.6. The number of hydrogen-bond acceptors (Lipinski definition) is 3. The van der Waals surface area contributed by atoms with Crippen LogP contribution in [0.2, 0.25) is 0 Å². The van der Waals surface area contributed by atoms with Crippen LogP contribution in [0.25, 0.3) is 22.3 Å². The lowest BCUT2D eigenvalue weighted by molar-refractivity contribution is 0.412. The van der Waals surface area contributed by atoms with E-state index in [1.807, 2.05) is 6.07 Å². The number of fused-ring (bicyclic) bond motifs is 1. The Hall–Kier alpha value is -2.01. The van der Waals surface area contributed by atoms with Crippen molar-refractivity contribution in [3.8, 4) is 17.0 Å². The Morgan fingerprint density at radius 2 is 2.00 bits per heavy atom. The maximum Gasteiger partial charge on any atom is 0.135 e. The normalized spacial score (nSPS) is 10.8. The van der Waals surface area contributed by atoms with Gasteiger partial charge in [-0.25, -0.2) is 9.37 Å². The van der Waals surface area contributed by atoms with Gasteiger partial charge in [0.05, 0.1) is 34.5 Å². The lowest BCUT2D eigenvalue weighted by atomic mass is 10.1. The van der Waals surface area contributed by atoms with Crippen molar-refractivity contribution in [3.63, 3.8) is 0 Å². The summed E-state index contributed by atoms with van der Waals surface area (Å²) in [6.07, 6.45) is 1.63. The molecule has 0 saturated heterocycles. The average molecular weight is 333 g/mol. The highest BCUT2D eigenvalue weighted by molar-refractivity contribution is 9.10. The molecular formula is C15H10BrFN2O. The molecule has 1 heterocycles. The van der Waals surface area contributed by atoms with Gasteiger partial charge in [0.25, 0.3) is 0 Å². The van der Waals surface area contributed by atoms with Crippen molar-refractivity contribution in [2.24, 2.45) is 0 Å². The summed E-state index contributed by atoms with van der Waals surface area (Å²) in [4.78, 5) is 8.86. The minimum Gasteiger partial charge on any atom is -0.495 e. The molecule has 0 saturated carbocycles. The van der Waals surface area contributed by atoms with Crippen molar-refractivity contribution < 1.29 is 9.13 Å². The number of nitrogens with zero attached hydrogens (tertiary/aromatic N) is 2. The SMILES string of the molecule is COc1cc2nc(-c3cccc(F)c3)cnc2cc1Br. The van der Waals surface area contributed by atoms with Crippen LogP contribution in [0, 0.1) is 5.82 Å². The molecule has 100 valence electrons. The van der Waals surface area contributed by atoms with Crippen LogP contribution in [-0.4, -0.2) is 17.1 Å². The van der Waals surface area contributed by atoms with Crippen LogP contribution in [0.1, 0.15) is 0 Å². The van der Waals surface area contributed by atoms with Gasteiger partial charge in [0.2, 0.25) is 0 Å². The summed E-state index contributed by atoms with van der Waals surface area (Å²) in [6, 6.07) is 9.93. The van der Waals surface area contributed by atoms with Gasteiger partial charge < -0.3 is 4.74 Å². The Kier molecular flexibility index (Phi) is 3.36. The fourth-order valence-corrected chi connectivity index (χ4v) is 2.45. The lowest BCUT2D eigenvalue weighted by Gasteiger charge is -2.06. The summed E-state index contributed by atoms with van der Waals surface area (Å²) in [6.45, 7) is 0. The van der Waals surface area contributed by atoms with Crippen LogP contribution < -0.4 is 4.74 Å². The van der Waals surface area contributed by atoms with Crippen LogP contribution in [0.15, 0.2) is 47.1 Å². The Labute approximate surface area is 123 Å². The monoisotopic (exact) mass is 332 g/mol. The fourth-order valence-electron chi connectivity index (χ4n) is 1.96. The minimum absolute atomic E-state index is 0.294. The van der Waals surface area contributed by atoms with Gasteiger partial charge in [-0.1, -0.05) is 12.1 Å². The summed E-state index contributed by atoms with van der Waals surface area (Å²) in [5.74, 6) is 0.390. The predicted octanol–water partition coefficient (Wildman–Crippen LogP) is 4.21. The predicted molar refractivity (Wildman–Crippen MR) is 79.2 cm³/mol. The molecular weight excluding hydrogens is 323 g/mol. The summed E-state index contributed by atoms with van der Waals surface area (Å²) in [7, 11) is 1.59. The third-order valence-corrected chi connectivity index (χ3v) is 3.56. The summed E-state index contributed by atoms with van der Waals surface area (Å²) in [5.41, 5.74) is 2.77. The van der Waals surface area contributed by atoms with E-state index < -0.39 is 0 Å². The Bertz CT molecular complexity index is 792. The van der Waals surface area contributed by atoms with Crippen LogP contribution in [0.4, 0.5) is 4.39 Å². The molecule has 3 nitrogen and oxygen atoms in total. The van der Waals surface area contributed by atoms with Gasteiger partial charge >= 0.3 is 0 Å². The van der Waals surface area contributed by atoms with Crippen molar-refractivity contribution in [2.75, 3.05) is 7.11 Å². The highest BCUT2D eigenvalue weighted by Crippen LogP contribution is 2.29. The molecule has 5 heteroatoms. The zero-order valence-corrected chi connectivity index (χ0v) is 12.2. The molecule has 2 aromatic carbocycles. The van der Waals surface area contributed by atoms with Gasteiger partial charge in [-0.15, -0.1) is 0 Å². The Morgan fingerprint density at radius 1 is 1.15 bits per heavy atom. The molecule has 3 aromatic rings. The van der Waals surface area contributed by atoms with Crippen molar-refractivity contribution >= 4 is 27.0 Å². The molecule has 0 unspecified atom stereocenters. The number of rotatable bonds is 2. The number of ether oxygens (including phenoxy) is 1. The second-order valence-corrected chi connectivity index (χ2v) is 5.10. The Morgan fingerprint density at radius 3 is 2.75 bits per heavy atom. The second-order valence-electron chi connectivity index (χ2n) is 4.24. The second kappa shape index (κ2) is 5.17. The van der Waals surface area contributed by atoms with E-state index in [1.165, 1.54) is 12.1 Å². The first kappa shape index (κ1) is 13.0. The first-order valence-electron chi connectivity index (χ1n) is 5.93. The summed E-state index contributed by atoms with van der Waals surface area (Å²) in [5, 5.41) is 0. The van der Waals surface area contributed by atoms with E-state index in [9.17, 15) is 4.39 Å². The van der Waals surface area contributed by atoms with Gasteiger partial charge in [-0.3, -0.25) is 4.98 Å². The van der Waals surface area contributed by atoms with Crippen molar-refractivity contribution in [1.82, 2.24) is 9.97 Å². The van der Waals surface area contributed by atoms with E-state index in [1.54, 1.807) is 31.5 Å². The summed E-state index contributed by atoms with van der Waals surface area (Å²) >= 11 is 3.41. The van der Waals surface area contributed by atoms with Gasteiger partial charge in [0, 0.05) is 11.6 Å². The molecule has 0 aliphatic carbocycles. The molecule has 0 radical (unpaired) electrons. The van der Waals surface area contributed by atoms with Crippen LogP contribution in [0.5, 0.6) is 5.75 Å². The van der Waals surface area contributed by atoms with E-state index in [-0.39, 0.29) is 5.82 Å². The lowest BCUT2D eigenvalue weighted by Crippen LogP contribution is -1.91. The highest BCUT2D eigenvalue weighted by Gasteiger charge is 2.07. The first-order chi connectivity index (χ1) is 9.67. The number of benzene rings is 2. The van der Waals surface area contributed by atoms with E-state index in [0.717, 1.165) is 9.99 Å². The minimum atomic E-state index is -0.294. The molecule has 0 bridgehead atoms.